The predicted octanol–water partition coefficient (Wildman–Crippen LogP) is 1.26. The Morgan fingerprint density at radius 1 is 1.33 bits per heavy atom. The van der Waals surface area contributed by atoms with Crippen LogP contribution in [-0.2, 0) is 13.1 Å². The lowest BCUT2D eigenvalue weighted by molar-refractivity contribution is 0.208. The molecule has 1 aromatic rings. The molecule has 2 heterocycles. The van der Waals surface area contributed by atoms with Gasteiger partial charge in [0.25, 0.3) is 0 Å². The smallest absolute Gasteiger partial charge is 0.140 e. The highest BCUT2D eigenvalue weighted by Gasteiger charge is 2.13. The molecule has 18 heavy (non-hydrogen) atoms. The highest BCUT2D eigenvalue weighted by molar-refractivity contribution is 4.84. The second-order valence-electron chi connectivity index (χ2n) is 5.14. The molecule has 1 aromatic heterocycles. The van der Waals surface area contributed by atoms with Crippen molar-refractivity contribution in [2.24, 2.45) is 0 Å². The van der Waals surface area contributed by atoms with Crippen LogP contribution in [0.3, 0.4) is 0 Å². The normalized spacial score (nSPS) is 19.0. The van der Waals surface area contributed by atoms with Crippen molar-refractivity contribution in [1.29, 1.82) is 0 Å². The number of aromatic nitrogens is 3. The zero-order chi connectivity index (χ0) is 12.8. The van der Waals surface area contributed by atoms with Crippen molar-refractivity contribution in [2.75, 3.05) is 19.6 Å². The summed E-state index contributed by atoms with van der Waals surface area (Å²) in [4.78, 5) is 6.84. The van der Waals surface area contributed by atoms with E-state index in [1.54, 1.807) is 6.33 Å². The Morgan fingerprint density at radius 2 is 2.11 bits per heavy atom. The molecule has 102 valence electrons. The SMILES string of the molecule is CCn1ncnc1CNC(C)CN1CCCCC1. The van der Waals surface area contributed by atoms with E-state index in [2.05, 4.69) is 34.1 Å². The van der Waals surface area contributed by atoms with Crippen molar-refractivity contribution in [3.05, 3.63) is 12.2 Å². The van der Waals surface area contributed by atoms with Crippen LogP contribution in [0.15, 0.2) is 6.33 Å². The van der Waals surface area contributed by atoms with E-state index in [1.165, 1.54) is 32.4 Å². The number of nitrogens with zero attached hydrogens (tertiary/aromatic N) is 4. The predicted molar refractivity (Wildman–Crippen MR) is 72.3 cm³/mol. The molecule has 0 spiro atoms. The van der Waals surface area contributed by atoms with Crippen LogP contribution < -0.4 is 5.32 Å². The number of piperidine rings is 1. The minimum Gasteiger partial charge on any atom is -0.306 e. The maximum atomic E-state index is 4.28. The molecule has 1 aliphatic rings. The van der Waals surface area contributed by atoms with Gasteiger partial charge in [0.1, 0.15) is 12.2 Å². The molecule has 0 bridgehead atoms. The number of likely N-dealkylation sites (tertiary alicyclic amines) is 1. The monoisotopic (exact) mass is 251 g/mol. The van der Waals surface area contributed by atoms with E-state index in [9.17, 15) is 0 Å². The maximum Gasteiger partial charge on any atom is 0.140 e. The second kappa shape index (κ2) is 6.85. The maximum absolute atomic E-state index is 4.28. The van der Waals surface area contributed by atoms with Gasteiger partial charge in [0.15, 0.2) is 0 Å². The van der Waals surface area contributed by atoms with Crippen molar-refractivity contribution < 1.29 is 0 Å². The Bertz CT molecular complexity index is 343. The molecule has 1 N–H and O–H groups in total. The van der Waals surface area contributed by atoms with E-state index in [1.807, 2.05) is 4.68 Å². The number of hydrogen-bond donors (Lipinski definition) is 1. The van der Waals surface area contributed by atoms with Crippen LogP contribution in [0.4, 0.5) is 0 Å². The second-order valence-corrected chi connectivity index (χ2v) is 5.14. The topological polar surface area (TPSA) is 46.0 Å². The molecule has 1 saturated heterocycles. The largest absolute Gasteiger partial charge is 0.306 e. The molecule has 0 radical (unpaired) electrons. The zero-order valence-electron chi connectivity index (χ0n) is 11.6. The number of hydrogen-bond acceptors (Lipinski definition) is 4. The Morgan fingerprint density at radius 3 is 2.83 bits per heavy atom. The highest BCUT2D eigenvalue weighted by Crippen LogP contribution is 2.08. The van der Waals surface area contributed by atoms with E-state index in [0.717, 1.165) is 25.5 Å². The van der Waals surface area contributed by atoms with Gasteiger partial charge in [0.05, 0.1) is 6.54 Å². The molecular formula is C13H25N5. The fraction of sp³-hybridized carbons (Fsp3) is 0.846. The molecule has 1 fully saturated rings. The Hall–Kier alpha value is -0.940. The minimum atomic E-state index is 0.505. The summed E-state index contributed by atoms with van der Waals surface area (Å²) in [5, 5.41) is 7.73. The molecule has 0 amide bonds. The number of nitrogens with one attached hydrogen (secondary N) is 1. The summed E-state index contributed by atoms with van der Waals surface area (Å²) in [7, 11) is 0. The van der Waals surface area contributed by atoms with Crippen LogP contribution in [0.1, 0.15) is 38.9 Å². The fourth-order valence-corrected chi connectivity index (χ4v) is 2.55. The summed E-state index contributed by atoms with van der Waals surface area (Å²) in [5.74, 6) is 1.03. The lowest BCUT2D eigenvalue weighted by Crippen LogP contribution is -2.41. The summed E-state index contributed by atoms with van der Waals surface area (Å²) in [6.45, 7) is 9.70. The first-order valence-corrected chi connectivity index (χ1v) is 7.12. The van der Waals surface area contributed by atoms with Crippen LogP contribution in [0.5, 0.6) is 0 Å². The highest BCUT2D eigenvalue weighted by atomic mass is 15.3. The first-order chi connectivity index (χ1) is 8.79. The Balaban J connectivity index is 1.72. The van der Waals surface area contributed by atoms with Crippen LogP contribution in [-0.4, -0.2) is 45.3 Å². The lowest BCUT2D eigenvalue weighted by Gasteiger charge is -2.29. The molecule has 2 rings (SSSR count). The van der Waals surface area contributed by atoms with E-state index < -0.39 is 0 Å². The number of rotatable bonds is 6. The summed E-state index contributed by atoms with van der Waals surface area (Å²) >= 11 is 0. The Labute approximate surface area is 110 Å². The molecule has 5 nitrogen and oxygen atoms in total. The molecule has 0 aromatic carbocycles. The molecule has 0 saturated carbocycles. The quantitative estimate of drug-likeness (QED) is 0.827. The van der Waals surface area contributed by atoms with E-state index in [0.29, 0.717) is 6.04 Å². The third kappa shape index (κ3) is 3.78. The summed E-state index contributed by atoms with van der Waals surface area (Å²) in [5.41, 5.74) is 0. The van der Waals surface area contributed by atoms with Crippen LogP contribution in [0.25, 0.3) is 0 Å². The molecule has 5 heteroatoms. The molecule has 0 aliphatic carbocycles. The lowest BCUT2D eigenvalue weighted by atomic mass is 10.1. The van der Waals surface area contributed by atoms with Gasteiger partial charge in [0, 0.05) is 19.1 Å². The van der Waals surface area contributed by atoms with E-state index in [4.69, 9.17) is 0 Å². The van der Waals surface area contributed by atoms with Gasteiger partial charge < -0.3 is 10.2 Å². The van der Waals surface area contributed by atoms with Gasteiger partial charge in [-0.2, -0.15) is 5.10 Å². The van der Waals surface area contributed by atoms with Crippen molar-refractivity contribution >= 4 is 0 Å². The van der Waals surface area contributed by atoms with Gasteiger partial charge in [-0.05, 0) is 39.8 Å². The summed E-state index contributed by atoms with van der Waals surface area (Å²) in [6.07, 6.45) is 5.75. The molecule has 1 unspecified atom stereocenters. The van der Waals surface area contributed by atoms with Gasteiger partial charge in [0.2, 0.25) is 0 Å². The van der Waals surface area contributed by atoms with Gasteiger partial charge in [-0.3, -0.25) is 0 Å². The van der Waals surface area contributed by atoms with Crippen molar-refractivity contribution in [3.8, 4) is 0 Å². The number of aryl methyl sites for hydroxylation is 1. The van der Waals surface area contributed by atoms with Crippen molar-refractivity contribution in [1.82, 2.24) is 25.0 Å². The molecule has 1 aliphatic heterocycles. The van der Waals surface area contributed by atoms with E-state index >= 15 is 0 Å². The first kappa shape index (κ1) is 13.5. The van der Waals surface area contributed by atoms with E-state index in [-0.39, 0.29) is 0 Å². The van der Waals surface area contributed by atoms with Crippen molar-refractivity contribution in [3.63, 3.8) is 0 Å². The van der Waals surface area contributed by atoms with Crippen LogP contribution in [0, 0.1) is 0 Å². The first-order valence-electron chi connectivity index (χ1n) is 7.12. The van der Waals surface area contributed by atoms with Crippen molar-refractivity contribution in [2.45, 2.75) is 52.2 Å². The van der Waals surface area contributed by atoms with Gasteiger partial charge in [-0.25, -0.2) is 9.67 Å². The standard InChI is InChI=1S/C13H25N5/c1-3-18-13(15-11-16-18)9-14-12(2)10-17-7-5-4-6-8-17/h11-12,14H,3-10H2,1-2H3. The zero-order valence-corrected chi connectivity index (χ0v) is 11.6. The average Bonchev–Trinajstić information content (AvgIpc) is 2.85. The fourth-order valence-electron chi connectivity index (χ4n) is 2.55. The average molecular weight is 251 g/mol. The van der Waals surface area contributed by atoms with Gasteiger partial charge in [-0.15, -0.1) is 0 Å². The summed E-state index contributed by atoms with van der Waals surface area (Å²) < 4.78 is 1.95. The third-order valence-electron chi connectivity index (χ3n) is 3.58. The van der Waals surface area contributed by atoms with Gasteiger partial charge in [-0.1, -0.05) is 6.42 Å². The van der Waals surface area contributed by atoms with Crippen LogP contribution in [0.2, 0.25) is 0 Å². The van der Waals surface area contributed by atoms with Crippen LogP contribution >= 0.6 is 0 Å². The summed E-state index contributed by atoms with van der Waals surface area (Å²) in [6, 6.07) is 0.505. The minimum absolute atomic E-state index is 0.505. The molecule has 1 atom stereocenters. The Kier molecular flexibility index (Phi) is 5.13. The van der Waals surface area contributed by atoms with Gasteiger partial charge >= 0.3 is 0 Å². The molecular weight excluding hydrogens is 226 g/mol. The third-order valence-corrected chi connectivity index (χ3v) is 3.58.